The van der Waals surface area contributed by atoms with Crippen LogP contribution in [0.2, 0.25) is 0 Å². The second-order valence-electron chi connectivity index (χ2n) is 7.91. The molecule has 4 heteroatoms. The topological polar surface area (TPSA) is 30.7 Å². The lowest BCUT2D eigenvalue weighted by molar-refractivity contribution is -0.0536. The largest absolute Gasteiger partial charge is 0.314 e. The van der Waals surface area contributed by atoms with Gasteiger partial charge in [0.1, 0.15) is 11.6 Å². The highest BCUT2D eigenvalue weighted by atomic mass is 79.9. The van der Waals surface area contributed by atoms with Crippen molar-refractivity contribution in [2.45, 2.75) is 70.2 Å². The van der Waals surface area contributed by atoms with Gasteiger partial charge in [-0.15, -0.1) is 10.2 Å². The van der Waals surface area contributed by atoms with E-state index < -0.39 is 0 Å². The summed E-state index contributed by atoms with van der Waals surface area (Å²) in [7, 11) is 0. The van der Waals surface area contributed by atoms with Gasteiger partial charge in [-0.25, -0.2) is 0 Å². The number of aromatic nitrogens is 3. The van der Waals surface area contributed by atoms with Gasteiger partial charge in [-0.1, -0.05) is 22.9 Å². The maximum Gasteiger partial charge on any atom is 0.143 e. The van der Waals surface area contributed by atoms with Crippen molar-refractivity contribution in [3.8, 4) is 0 Å². The molecule has 0 saturated heterocycles. The predicted molar refractivity (Wildman–Crippen MR) is 87.3 cm³/mol. The Bertz CT molecular complexity index is 487. The summed E-state index contributed by atoms with van der Waals surface area (Å²) in [5, 5.41) is 9.80. The Morgan fingerprint density at radius 1 is 1.05 bits per heavy atom. The summed E-state index contributed by atoms with van der Waals surface area (Å²) < 4.78 is 2.38. The van der Waals surface area contributed by atoms with Crippen LogP contribution < -0.4 is 0 Å². The number of hydrogen-bond acceptors (Lipinski definition) is 2. The lowest BCUT2D eigenvalue weighted by atomic mass is 9.49. The number of rotatable bonds is 5. The van der Waals surface area contributed by atoms with Gasteiger partial charge in [0.2, 0.25) is 0 Å². The van der Waals surface area contributed by atoms with E-state index in [1.807, 2.05) is 0 Å². The molecule has 1 aromatic rings. The number of nitrogens with zero attached hydrogens (tertiary/aromatic N) is 3. The fourth-order valence-electron chi connectivity index (χ4n) is 5.93. The van der Waals surface area contributed by atoms with Gasteiger partial charge in [-0.3, -0.25) is 0 Å². The SMILES string of the molecule is CCCn1c(CBr)nnc1CC12CC3CC(CC(C3)C1)C2. The monoisotopic (exact) mass is 351 g/mol. The highest BCUT2D eigenvalue weighted by Gasteiger charge is 2.51. The molecule has 0 atom stereocenters. The minimum Gasteiger partial charge on any atom is -0.314 e. The highest BCUT2D eigenvalue weighted by molar-refractivity contribution is 9.08. The van der Waals surface area contributed by atoms with E-state index >= 15 is 0 Å². The molecule has 5 rings (SSSR count). The van der Waals surface area contributed by atoms with Gasteiger partial charge in [-0.2, -0.15) is 0 Å². The quantitative estimate of drug-likeness (QED) is 0.738. The van der Waals surface area contributed by atoms with E-state index in [0.717, 1.165) is 41.9 Å². The molecule has 0 unspecified atom stereocenters. The van der Waals surface area contributed by atoms with Crippen LogP contribution in [0.4, 0.5) is 0 Å². The Kier molecular flexibility index (Phi) is 3.63. The molecule has 4 saturated carbocycles. The lowest BCUT2D eigenvalue weighted by Crippen LogP contribution is -2.47. The second-order valence-corrected chi connectivity index (χ2v) is 8.47. The first-order valence-corrected chi connectivity index (χ1v) is 9.80. The van der Waals surface area contributed by atoms with E-state index in [0.29, 0.717) is 5.41 Å². The van der Waals surface area contributed by atoms with Crippen molar-refractivity contribution >= 4 is 15.9 Å². The Morgan fingerprint density at radius 3 is 2.14 bits per heavy atom. The maximum absolute atomic E-state index is 4.56. The molecular weight excluding hydrogens is 326 g/mol. The van der Waals surface area contributed by atoms with Crippen molar-refractivity contribution in [3.05, 3.63) is 11.6 Å². The molecule has 21 heavy (non-hydrogen) atoms. The summed E-state index contributed by atoms with van der Waals surface area (Å²) in [6, 6.07) is 0. The van der Waals surface area contributed by atoms with E-state index in [1.165, 1.54) is 50.8 Å². The Morgan fingerprint density at radius 2 is 1.62 bits per heavy atom. The summed E-state index contributed by atoms with van der Waals surface area (Å²) >= 11 is 3.56. The normalized spacial score (nSPS) is 37.3. The average Bonchev–Trinajstić information content (AvgIpc) is 2.79. The zero-order valence-electron chi connectivity index (χ0n) is 13.0. The van der Waals surface area contributed by atoms with Crippen molar-refractivity contribution in [2.24, 2.45) is 23.2 Å². The molecule has 4 aliphatic rings. The van der Waals surface area contributed by atoms with Gasteiger partial charge in [0.25, 0.3) is 0 Å². The van der Waals surface area contributed by atoms with Crippen LogP contribution in [0, 0.1) is 23.2 Å². The van der Waals surface area contributed by atoms with E-state index in [-0.39, 0.29) is 0 Å². The minimum atomic E-state index is 0.566. The number of halogens is 1. The van der Waals surface area contributed by atoms with Gasteiger partial charge < -0.3 is 4.57 Å². The van der Waals surface area contributed by atoms with Crippen LogP contribution in [0.1, 0.15) is 63.5 Å². The van der Waals surface area contributed by atoms with Crippen LogP contribution in [0.15, 0.2) is 0 Å². The molecular formula is C17H26BrN3. The number of hydrogen-bond donors (Lipinski definition) is 0. The zero-order chi connectivity index (χ0) is 14.4. The van der Waals surface area contributed by atoms with Crippen LogP contribution in [0.3, 0.4) is 0 Å². The first kappa shape index (κ1) is 14.2. The van der Waals surface area contributed by atoms with E-state index in [1.54, 1.807) is 0 Å². The minimum absolute atomic E-state index is 0.566. The van der Waals surface area contributed by atoms with Gasteiger partial charge in [0.15, 0.2) is 0 Å². The molecule has 1 heterocycles. The fraction of sp³-hybridized carbons (Fsp3) is 0.882. The van der Waals surface area contributed by atoms with E-state index in [9.17, 15) is 0 Å². The molecule has 0 radical (unpaired) electrons. The van der Waals surface area contributed by atoms with Crippen molar-refractivity contribution in [1.29, 1.82) is 0 Å². The number of alkyl halides is 1. The van der Waals surface area contributed by atoms with Crippen LogP contribution in [-0.2, 0) is 18.3 Å². The van der Waals surface area contributed by atoms with Crippen molar-refractivity contribution < 1.29 is 0 Å². The molecule has 0 aliphatic heterocycles. The molecule has 4 bridgehead atoms. The molecule has 0 N–H and O–H groups in total. The van der Waals surface area contributed by atoms with Gasteiger partial charge >= 0.3 is 0 Å². The Balaban J connectivity index is 1.60. The van der Waals surface area contributed by atoms with Crippen LogP contribution in [-0.4, -0.2) is 14.8 Å². The van der Waals surface area contributed by atoms with E-state index in [2.05, 4.69) is 37.6 Å². The standard InChI is InChI=1S/C17H26BrN3/c1-2-3-21-15(19-20-16(21)11-18)10-17-7-12-4-13(8-17)6-14(5-12)9-17/h12-14H,2-11H2,1H3. The zero-order valence-corrected chi connectivity index (χ0v) is 14.6. The van der Waals surface area contributed by atoms with Crippen molar-refractivity contribution in [3.63, 3.8) is 0 Å². The van der Waals surface area contributed by atoms with E-state index in [4.69, 9.17) is 0 Å². The van der Waals surface area contributed by atoms with Crippen LogP contribution >= 0.6 is 15.9 Å². The summed E-state index contributed by atoms with van der Waals surface area (Å²) in [6.45, 7) is 3.31. The predicted octanol–water partition coefficient (Wildman–Crippen LogP) is 4.34. The molecule has 0 amide bonds. The third kappa shape index (κ3) is 2.47. The van der Waals surface area contributed by atoms with Crippen LogP contribution in [0.25, 0.3) is 0 Å². The molecule has 1 aromatic heterocycles. The second kappa shape index (κ2) is 5.36. The summed E-state index contributed by atoms with van der Waals surface area (Å²) in [5.41, 5.74) is 0.566. The highest BCUT2D eigenvalue weighted by Crippen LogP contribution is 2.60. The Hall–Kier alpha value is -0.380. The first-order chi connectivity index (χ1) is 10.2. The first-order valence-electron chi connectivity index (χ1n) is 8.68. The summed E-state index contributed by atoms with van der Waals surface area (Å²) in [6.07, 6.45) is 11.3. The van der Waals surface area contributed by atoms with Crippen molar-refractivity contribution in [1.82, 2.24) is 14.8 Å². The Labute approximate surface area is 136 Å². The maximum atomic E-state index is 4.56. The molecule has 3 nitrogen and oxygen atoms in total. The lowest BCUT2D eigenvalue weighted by Gasteiger charge is -2.56. The van der Waals surface area contributed by atoms with Gasteiger partial charge in [0.05, 0.1) is 5.33 Å². The fourth-order valence-corrected chi connectivity index (χ4v) is 6.34. The smallest absolute Gasteiger partial charge is 0.143 e. The van der Waals surface area contributed by atoms with Crippen LogP contribution in [0.5, 0.6) is 0 Å². The summed E-state index contributed by atoms with van der Waals surface area (Å²) in [4.78, 5) is 0. The van der Waals surface area contributed by atoms with Crippen molar-refractivity contribution in [2.75, 3.05) is 0 Å². The molecule has 4 fully saturated rings. The van der Waals surface area contributed by atoms with Gasteiger partial charge in [0, 0.05) is 13.0 Å². The third-order valence-electron chi connectivity index (χ3n) is 6.17. The molecule has 0 spiro atoms. The molecule has 116 valence electrons. The molecule has 4 aliphatic carbocycles. The average molecular weight is 352 g/mol. The molecule has 0 aromatic carbocycles. The van der Waals surface area contributed by atoms with Gasteiger partial charge in [-0.05, 0) is 68.1 Å². The third-order valence-corrected chi connectivity index (χ3v) is 6.67. The summed E-state index contributed by atoms with van der Waals surface area (Å²) in [5.74, 6) is 5.43.